The summed E-state index contributed by atoms with van der Waals surface area (Å²) in [6, 6.07) is 12.8. The summed E-state index contributed by atoms with van der Waals surface area (Å²) in [6.45, 7) is 9.23. The lowest BCUT2D eigenvalue weighted by molar-refractivity contribution is -0.117. The average molecular weight is 396 g/mol. The molecule has 1 atom stereocenters. The van der Waals surface area contributed by atoms with E-state index in [1.807, 2.05) is 30.0 Å². The molecule has 1 saturated heterocycles. The molecule has 1 aliphatic rings. The molecular weight excluding hydrogens is 366 g/mol. The minimum Gasteiger partial charge on any atom is -0.356 e. The van der Waals surface area contributed by atoms with Crippen molar-refractivity contribution in [3.05, 3.63) is 58.7 Å². The summed E-state index contributed by atoms with van der Waals surface area (Å²) in [4.78, 5) is 14.0. The van der Waals surface area contributed by atoms with Crippen LogP contribution in [0.4, 0.5) is 11.4 Å². The second-order valence-electron chi connectivity index (χ2n) is 7.55. The van der Waals surface area contributed by atoms with E-state index in [0.717, 1.165) is 36.3 Å². The lowest BCUT2D eigenvalue weighted by Crippen LogP contribution is -2.32. The molecular formula is C23H29N3OS. The highest BCUT2D eigenvalue weighted by atomic mass is 32.1. The van der Waals surface area contributed by atoms with E-state index >= 15 is 0 Å². The third-order valence-corrected chi connectivity index (χ3v) is 5.70. The second kappa shape index (κ2) is 8.74. The number of benzene rings is 2. The third-order valence-electron chi connectivity index (χ3n) is 5.48. The molecule has 1 heterocycles. The van der Waals surface area contributed by atoms with Gasteiger partial charge in [0.15, 0.2) is 5.11 Å². The first-order chi connectivity index (χ1) is 13.4. The summed E-state index contributed by atoms with van der Waals surface area (Å²) in [7, 11) is 0. The maximum absolute atomic E-state index is 12.1. The third kappa shape index (κ3) is 4.53. The van der Waals surface area contributed by atoms with Crippen LogP contribution in [0, 0.1) is 20.8 Å². The van der Waals surface area contributed by atoms with Gasteiger partial charge in [-0.25, -0.2) is 0 Å². The molecule has 0 spiro atoms. The van der Waals surface area contributed by atoms with E-state index < -0.39 is 0 Å². The van der Waals surface area contributed by atoms with Crippen LogP contribution in [-0.2, 0) is 4.79 Å². The van der Waals surface area contributed by atoms with Gasteiger partial charge in [-0.2, -0.15) is 0 Å². The SMILES string of the molecule is CCC(NC(=S)Nc1ccc(C)c(N2CCCC2=O)c1)c1ccc(C)c(C)c1. The molecule has 0 radical (unpaired) electrons. The maximum Gasteiger partial charge on any atom is 0.227 e. The van der Waals surface area contributed by atoms with E-state index in [9.17, 15) is 4.79 Å². The Morgan fingerprint density at radius 2 is 1.86 bits per heavy atom. The Hall–Kier alpha value is -2.40. The van der Waals surface area contributed by atoms with Gasteiger partial charge in [-0.15, -0.1) is 0 Å². The van der Waals surface area contributed by atoms with Gasteiger partial charge in [0.1, 0.15) is 0 Å². The Balaban J connectivity index is 1.71. The molecule has 1 amide bonds. The molecule has 28 heavy (non-hydrogen) atoms. The molecule has 2 aromatic rings. The number of hydrogen-bond donors (Lipinski definition) is 2. The number of rotatable bonds is 5. The van der Waals surface area contributed by atoms with E-state index in [0.29, 0.717) is 11.5 Å². The summed E-state index contributed by atoms with van der Waals surface area (Å²) in [6.07, 6.45) is 2.49. The van der Waals surface area contributed by atoms with Gasteiger partial charge in [-0.05, 0) is 80.2 Å². The van der Waals surface area contributed by atoms with Crippen molar-refractivity contribution in [3.63, 3.8) is 0 Å². The number of nitrogens with zero attached hydrogens (tertiary/aromatic N) is 1. The monoisotopic (exact) mass is 395 g/mol. The standard InChI is InChI=1S/C23H29N3OS/c1-5-20(18-10-8-15(2)17(4)13-18)25-23(28)24-19-11-9-16(3)21(14-19)26-12-6-7-22(26)27/h8-11,13-14,20H,5-7,12H2,1-4H3,(H2,24,25,28). The van der Waals surface area contributed by atoms with Crippen molar-refractivity contribution in [2.24, 2.45) is 0 Å². The van der Waals surface area contributed by atoms with Crippen molar-refractivity contribution in [1.29, 1.82) is 0 Å². The van der Waals surface area contributed by atoms with Gasteiger partial charge in [0.25, 0.3) is 0 Å². The van der Waals surface area contributed by atoms with Gasteiger partial charge in [-0.1, -0.05) is 31.2 Å². The van der Waals surface area contributed by atoms with Crippen molar-refractivity contribution in [2.45, 2.75) is 53.0 Å². The Labute approximate surface area is 173 Å². The number of carbonyl (C=O) groups is 1. The van der Waals surface area contributed by atoms with Crippen LogP contribution in [0.3, 0.4) is 0 Å². The zero-order valence-corrected chi connectivity index (χ0v) is 18.0. The van der Waals surface area contributed by atoms with Crippen LogP contribution in [0.1, 0.15) is 54.5 Å². The Morgan fingerprint density at radius 1 is 1.11 bits per heavy atom. The molecule has 0 bridgehead atoms. The highest BCUT2D eigenvalue weighted by Crippen LogP contribution is 2.28. The topological polar surface area (TPSA) is 44.4 Å². The molecule has 2 aromatic carbocycles. The molecule has 5 heteroatoms. The average Bonchev–Trinajstić information content (AvgIpc) is 3.09. The zero-order valence-electron chi connectivity index (χ0n) is 17.1. The fourth-order valence-electron chi connectivity index (χ4n) is 3.61. The lowest BCUT2D eigenvalue weighted by Gasteiger charge is -2.22. The van der Waals surface area contributed by atoms with Gasteiger partial charge in [0, 0.05) is 24.3 Å². The number of amides is 1. The Bertz CT molecular complexity index is 893. The predicted octanol–water partition coefficient (Wildman–Crippen LogP) is 5.18. The molecule has 4 nitrogen and oxygen atoms in total. The zero-order chi connectivity index (χ0) is 20.3. The minimum absolute atomic E-state index is 0.157. The smallest absolute Gasteiger partial charge is 0.227 e. The van der Waals surface area contributed by atoms with E-state index in [1.54, 1.807) is 0 Å². The molecule has 0 aromatic heterocycles. The molecule has 1 unspecified atom stereocenters. The summed E-state index contributed by atoms with van der Waals surface area (Å²) >= 11 is 5.57. The largest absolute Gasteiger partial charge is 0.356 e. The number of aryl methyl sites for hydroxylation is 3. The number of thiocarbonyl (C=S) groups is 1. The first-order valence-electron chi connectivity index (χ1n) is 9.94. The predicted molar refractivity (Wildman–Crippen MR) is 121 cm³/mol. The lowest BCUT2D eigenvalue weighted by atomic mass is 9.99. The normalized spacial score (nSPS) is 14.9. The Kier molecular flexibility index (Phi) is 6.35. The maximum atomic E-state index is 12.1. The number of anilines is 2. The number of nitrogens with one attached hydrogen (secondary N) is 2. The second-order valence-corrected chi connectivity index (χ2v) is 7.96. The minimum atomic E-state index is 0.157. The van der Waals surface area contributed by atoms with Crippen molar-refractivity contribution >= 4 is 34.6 Å². The molecule has 0 saturated carbocycles. The van der Waals surface area contributed by atoms with E-state index in [1.165, 1.54) is 16.7 Å². The molecule has 2 N–H and O–H groups in total. The summed E-state index contributed by atoms with van der Waals surface area (Å²) < 4.78 is 0. The van der Waals surface area contributed by atoms with E-state index in [4.69, 9.17) is 12.2 Å². The summed E-state index contributed by atoms with van der Waals surface area (Å²) in [5.74, 6) is 0.196. The molecule has 148 valence electrons. The number of hydrogen-bond acceptors (Lipinski definition) is 2. The van der Waals surface area contributed by atoms with Crippen molar-refractivity contribution in [3.8, 4) is 0 Å². The van der Waals surface area contributed by atoms with Gasteiger partial charge in [0.05, 0.1) is 6.04 Å². The van der Waals surface area contributed by atoms with Crippen LogP contribution in [0.15, 0.2) is 36.4 Å². The quantitative estimate of drug-likeness (QED) is 0.685. The first-order valence-corrected chi connectivity index (χ1v) is 10.4. The van der Waals surface area contributed by atoms with Gasteiger partial charge >= 0.3 is 0 Å². The van der Waals surface area contributed by atoms with Crippen LogP contribution in [0.2, 0.25) is 0 Å². The molecule has 1 aliphatic heterocycles. The summed E-state index contributed by atoms with van der Waals surface area (Å²) in [5, 5.41) is 7.31. The van der Waals surface area contributed by atoms with Crippen LogP contribution in [-0.4, -0.2) is 17.6 Å². The first kappa shape index (κ1) is 20.3. The highest BCUT2D eigenvalue weighted by molar-refractivity contribution is 7.80. The number of carbonyl (C=O) groups excluding carboxylic acids is 1. The van der Waals surface area contributed by atoms with Crippen LogP contribution >= 0.6 is 12.2 Å². The highest BCUT2D eigenvalue weighted by Gasteiger charge is 2.23. The Morgan fingerprint density at radius 3 is 2.50 bits per heavy atom. The molecule has 0 aliphatic carbocycles. The van der Waals surface area contributed by atoms with Gasteiger partial charge in [0.2, 0.25) is 5.91 Å². The van der Waals surface area contributed by atoms with Crippen molar-refractivity contribution in [1.82, 2.24) is 5.32 Å². The van der Waals surface area contributed by atoms with Crippen LogP contribution < -0.4 is 15.5 Å². The van der Waals surface area contributed by atoms with Crippen LogP contribution in [0.25, 0.3) is 0 Å². The van der Waals surface area contributed by atoms with E-state index in [2.05, 4.69) is 49.6 Å². The summed E-state index contributed by atoms with van der Waals surface area (Å²) in [5.41, 5.74) is 6.78. The molecule has 3 rings (SSSR count). The van der Waals surface area contributed by atoms with Crippen LogP contribution in [0.5, 0.6) is 0 Å². The van der Waals surface area contributed by atoms with Gasteiger partial charge in [-0.3, -0.25) is 4.79 Å². The molecule has 1 fully saturated rings. The van der Waals surface area contributed by atoms with Crippen molar-refractivity contribution in [2.75, 3.05) is 16.8 Å². The fraction of sp³-hybridized carbons (Fsp3) is 0.391. The fourth-order valence-corrected chi connectivity index (χ4v) is 3.87. The van der Waals surface area contributed by atoms with E-state index in [-0.39, 0.29) is 11.9 Å². The van der Waals surface area contributed by atoms with Gasteiger partial charge < -0.3 is 15.5 Å². The van der Waals surface area contributed by atoms with Crippen molar-refractivity contribution < 1.29 is 4.79 Å².